The molecular formula is C30H35F2N3O3S. The van der Waals surface area contributed by atoms with E-state index in [4.69, 9.17) is 4.74 Å². The van der Waals surface area contributed by atoms with Crippen LogP contribution in [0.25, 0.3) is 10.4 Å². The smallest absolute Gasteiger partial charge is 0.248 e. The highest BCUT2D eigenvalue weighted by Crippen LogP contribution is 2.35. The Bertz CT molecular complexity index is 1270. The lowest BCUT2D eigenvalue weighted by molar-refractivity contribution is -0.126. The molecule has 0 unspecified atom stereocenters. The molecule has 1 aromatic heterocycles. The number of rotatable bonds is 11. The third-order valence-electron chi connectivity index (χ3n) is 6.83. The van der Waals surface area contributed by atoms with Crippen LogP contribution in [-0.4, -0.2) is 28.9 Å². The summed E-state index contributed by atoms with van der Waals surface area (Å²) in [7, 11) is 0. The van der Waals surface area contributed by atoms with Crippen LogP contribution in [0, 0.1) is 18.6 Å². The summed E-state index contributed by atoms with van der Waals surface area (Å²) in [5, 5.41) is 5.99. The number of hydrogen-bond acceptors (Lipinski definition) is 5. The number of aromatic nitrogens is 1. The summed E-state index contributed by atoms with van der Waals surface area (Å²) in [6, 6.07) is 10.2. The van der Waals surface area contributed by atoms with Crippen LogP contribution in [0.5, 0.6) is 0 Å². The lowest BCUT2D eigenvalue weighted by Gasteiger charge is -2.22. The zero-order chi connectivity index (χ0) is 27.8. The molecule has 1 aliphatic rings. The van der Waals surface area contributed by atoms with E-state index in [1.165, 1.54) is 30.6 Å². The van der Waals surface area contributed by atoms with Crippen LogP contribution < -0.4 is 10.6 Å². The van der Waals surface area contributed by atoms with Crippen LogP contribution in [0.1, 0.15) is 68.7 Å². The van der Waals surface area contributed by atoms with Gasteiger partial charge in [0, 0.05) is 6.07 Å². The van der Waals surface area contributed by atoms with Gasteiger partial charge in [-0.05, 0) is 55.0 Å². The van der Waals surface area contributed by atoms with Crippen molar-refractivity contribution < 1.29 is 23.1 Å². The van der Waals surface area contributed by atoms with Gasteiger partial charge < -0.3 is 15.4 Å². The van der Waals surface area contributed by atoms with Gasteiger partial charge in [-0.15, -0.1) is 0 Å². The highest BCUT2D eigenvalue weighted by molar-refractivity contribution is 7.19. The molecule has 0 aliphatic heterocycles. The molecule has 3 aromatic rings. The Balaban J connectivity index is 1.42. The van der Waals surface area contributed by atoms with E-state index in [-0.39, 0.29) is 17.9 Å². The van der Waals surface area contributed by atoms with Crippen LogP contribution in [0.2, 0.25) is 0 Å². The molecule has 6 nitrogen and oxygen atoms in total. The van der Waals surface area contributed by atoms with Crippen LogP contribution in [-0.2, 0) is 27.4 Å². The Kier molecular flexibility index (Phi) is 10.2. The lowest BCUT2D eigenvalue weighted by atomic mass is 9.97. The van der Waals surface area contributed by atoms with Crippen molar-refractivity contribution in [2.45, 2.75) is 84.0 Å². The minimum Gasteiger partial charge on any atom is -0.374 e. The van der Waals surface area contributed by atoms with Crippen molar-refractivity contribution in [3.05, 3.63) is 70.9 Å². The summed E-state index contributed by atoms with van der Waals surface area (Å²) in [5.41, 5.74) is 3.11. The maximum Gasteiger partial charge on any atom is 0.248 e. The number of carbonyl (C=O) groups is 2. The normalized spacial score (nSPS) is 14.7. The molecule has 1 atom stereocenters. The molecule has 1 heterocycles. The molecule has 0 radical (unpaired) electrons. The second kappa shape index (κ2) is 13.8. The first kappa shape index (κ1) is 28.8. The van der Waals surface area contributed by atoms with Gasteiger partial charge in [-0.25, -0.2) is 13.8 Å². The number of hydrogen-bond donors (Lipinski definition) is 2. The molecule has 1 aliphatic carbocycles. The Labute approximate surface area is 232 Å². The number of thiazole rings is 1. The van der Waals surface area contributed by atoms with Gasteiger partial charge >= 0.3 is 0 Å². The fourth-order valence-electron chi connectivity index (χ4n) is 4.90. The van der Waals surface area contributed by atoms with E-state index in [0.29, 0.717) is 30.7 Å². The van der Waals surface area contributed by atoms with Gasteiger partial charge in [0.15, 0.2) is 5.13 Å². The SMILES string of the molecule is CCC[C@H](NC(=O)Cc1cc(F)cc(F)c1)C(=O)Nc1nc(C)c(-c2ccccc2COC2CCCCC2)s1. The van der Waals surface area contributed by atoms with Crippen molar-refractivity contribution in [3.63, 3.8) is 0 Å². The van der Waals surface area contributed by atoms with Crippen LogP contribution >= 0.6 is 11.3 Å². The van der Waals surface area contributed by atoms with Crippen molar-refractivity contribution in [1.29, 1.82) is 0 Å². The number of ether oxygens (including phenoxy) is 1. The molecule has 0 bridgehead atoms. The fourth-order valence-corrected chi connectivity index (χ4v) is 5.93. The molecule has 4 rings (SSSR count). The Morgan fingerprint density at radius 1 is 1.10 bits per heavy atom. The number of halogens is 2. The number of aryl methyl sites for hydroxylation is 1. The third kappa shape index (κ3) is 8.16. The van der Waals surface area contributed by atoms with E-state index in [0.717, 1.165) is 52.7 Å². The van der Waals surface area contributed by atoms with Gasteiger partial charge in [-0.2, -0.15) is 0 Å². The predicted molar refractivity (Wildman–Crippen MR) is 149 cm³/mol. The second-order valence-corrected chi connectivity index (χ2v) is 11.0. The van der Waals surface area contributed by atoms with Gasteiger partial charge in [0.2, 0.25) is 11.8 Å². The average molecular weight is 556 g/mol. The van der Waals surface area contributed by atoms with Crippen molar-refractivity contribution in [3.8, 4) is 10.4 Å². The minimum absolute atomic E-state index is 0.201. The summed E-state index contributed by atoms with van der Waals surface area (Å²) >= 11 is 1.38. The van der Waals surface area contributed by atoms with Crippen molar-refractivity contribution in [1.82, 2.24) is 10.3 Å². The number of anilines is 1. The first-order chi connectivity index (χ1) is 18.8. The average Bonchev–Trinajstić information content (AvgIpc) is 3.26. The van der Waals surface area contributed by atoms with Gasteiger partial charge in [0.1, 0.15) is 17.7 Å². The number of benzene rings is 2. The molecule has 0 spiro atoms. The summed E-state index contributed by atoms with van der Waals surface area (Å²) in [6.45, 7) is 4.34. The zero-order valence-electron chi connectivity index (χ0n) is 22.4. The molecule has 9 heteroatoms. The standard InChI is InChI=1S/C30H35F2N3O3S/c1-3-9-26(34-27(36)16-20-14-22(31)17-23(32)15-20)29(37)35-30-33-19(2)28(39-30)25-13-8-7-10-21(25)18-38-24-11-5-4-6-12-24/h7-8,10,13-15,17,24,26H,3-6,9,11-12,16,18H2,1-2H3,(H,34,36)(H,33,35,37)/t26-/m0/s1. The Morgan fingerprint density at radius 2 is 1.82 bits per heavy atom. The van der Waals surface area contributed by atoms with Crippen LogP contribution in [0.3, 0.4) is 0 Å². The molecule has 1 fully saturated rings. The molecule has 2 N–H and O–H groups in total. The quantitative estimate of drug-likeness (QED) is 0.276. The second-order valence-electron chi connectivity index (χ2n) is 10.0. The first-order valence-electron chi connectivity index (χ1n) is 13.5. The Morgan fingerprint density at radius 3 is 2.54 bits per heavy atom. The van der Waals surface area contributed by atoms with E-state index >= 15 is 0 Å². The highest BCUT2D eigenvalue weighted by Gasteiger charge is 2.23. The summed E-state index contributed by atoms with van der Waals surface area (Å²) in [6.07, 6.45) is 7.05. The molecular weight excluding hydrogens is 520 g/mol. The van der Waals surface area contributed by atoms with Gasteiger partial charge in [-0.1, -0.05) is 68.2 Å². The van der Waals surface area contributed by atoms with Crippen molar-refractivity contribution in [2.24, 2.45) is 0 Å². The van der Waals surface area contributed by atoms with E-state index < -0.39 is 23.6 Å². The van der Waals surface area contributed by atoms with Crippen molar-refractivity contribution in [2.75, 3.05) is 5.32 Å². The monoisotopic (exact) mass is 555 g/mol. The maximum absolute atomic E-state index is 13.5. The summed E-state index contributed by atoms with van der Waals surface area (Å²) in [4.78, 5) is 31.2. The Hall–Kier alpha value is -3.17. The molecule has 2 amide bonds. The zero-order valence-corrected chi connectivity index (χ0v) is 23.2. The van der Waals surface area contributed by atoms with Crippen LogP contribution in [0.4, 0.5) is 13.9 Å². The number of carbonyl (C=O) groups excluding carboxylic acids is 2. The highest BCUT2D eigenvalue weighted by atomic mass is 32.1. The maximum atomic E-state index is 13.5. The number of amides is 2. The molecule has 1 saturated carbocycles. The summed E-state index contributed by atoms with van der Waals surface area (Å²) < 4.78 is 33.2. The van der Waals surface area contributed by atoms with Crippen LogP contribution in [0.15, 0.2) is 42.5 Å². The largest absolute Gasteiger partial charge is 0.374 e. The fraction of sp³-hybridized carbons (Fsp3) is 0.433. The van der Waals surface area contributed by atoms with Gasteiger partial charge in [0.25, 0.3) is 0 Å². The lowest BCUT2D eigenvalue weighted by Crippen LogP contribution is -2.44. The third-order valence-corrected chi connectivity index (χ3v) is 7.94. The van der Waals surface area contributed by atoms with Crippen molar-refractivity contribution >= 4 is 28.3 Å². The van der Waals surface area contributed by atoms with E-state index in [1.54, 1.807) is 0 Å². The minimum atomic E-state index is -0.801. The predicted octanol–water partition coefficient (Wildman–Crippen LogP) is 6.71. The molecule has 2 aromatic carbocycles. The van der Waals surface area contributed by atoms with E-state index in [2.05, 4.69) is 21.7 Å². The van der Waals surface area contributed by atoms with Gasteiger partial charge in [0.05, 0.1) is 29.7 Å². The number of nitrogens with zero attached hydrogens (tertiary/aromatic N) is 1. The number of nitrogens with one attached hydrogen (secondary N) is 2. The van der Waals surface area contributed by atoms with E-state index in [1.807, 2.05) is 32.0 Å². The first-order valence-corrected chi connectivity index (χ1v) is 14.4. The molecule has 39 heavy (non-hydrogen) atoms. The van der Waals surface area contributed by atoms with E-state index in [9.17, 15) is 18.4 Å². The topological polar surface area (TPSA) is 80.3 Å². The van der Waals surface area contributed by atoms with Gasteiger partial charge in [-0.3, -0.25) is 9.59 Å². The molecule has 0 saturated heterocycles. The summed E-state index contributed by atoms with van der Waals surface area (Å²) in [5.74, 6) is -2.38. The molecule has 208 valence electrons.